The minimum atomic E-state index is -3.75. The summed E-state index contributed by atoms with van der Waals surface area (Å²) in [6.45, 7) is 4.29. The molecular weight excluding hydrogens is 412 g/mol. The van der Waals surface area contributed by atoms with E-state index in [0.717, 1.165) is 16.6 Å². The molecule has 0 fully saturated rings. The molecule has 0 bridgehead atoms. The van der Waals surface area contributed by atoms with E-state index in [9.17, 15) is 8.42 Å². The van der Waals surface area contributed by atoms with Crippen LogP contribution in [0.1, 0.15) is 25.5 Å². The van der Waals surface area contributed by atoms with Crippen molar-refractivity contribution in [3.63, 3.8) is 0 Å². The molecule has 0 aliphatic heterocycles. The van der Waals surface area contributed by atoms with Crippen LogP contribution < -0.4 is 4.74 Å². The Morgan fingerprint density at radius 1 is 1.03 bits per heavy atom. The molecule has 0 aliphatic carbocycles. The maximum Gasteiger partial charge on any atom is 0.243 e. The van der Waals surface area contributed by atoms with Crippen molar-refractivity contribution in [3.8, 4) is 11.4 Å². The van der Waals surface area contributed by atoms with Gasteiger partial charge in [-0.3, -0.25) is 0 Å². The van der Waals surface area contributed by atoms with Gasteiger partial charge in [0.2, 0.25) is 10.0 Å². The van der Waals surface area contributed by atoms with Gasteiger partial charge >= 0.3 is 0 Å². The maximum atomic E-state index is 13.5. The topological polar surface area (TPSA) is 77.3 Å². The summed E-state index contributed by atoms with van der Waals surface area (Å²) < 4.78 is 35.8. The summed E-state index contributed by atoms with van der Waals surface area (Å²) in [5, 5.41) is 5.54. The molecule has 0 saturated heterocycles. The van der Waals surface area contributed by atoms with Gasteiger partial charge in [-0.25, -0.2) is 18.1 Å². The van der Waals surface area contributed by atoms with Crippen molar-refractivity contribution < 1.29 is 13.2 Å². The Hall–Kier alpha value is -3.23. The number of rotatable bonds is 7. The fourth-order valence-electron chi connectivity index (χ4n) is 3.57. The van der Waals surface area contributed by atoms with Crippen molar-refractivity contribution in [3.05, 3.63) is 78.9 Å². The normalized spacial score (nSPS) is 12.9. The highest BCUT2D eigenvalue weighted by molar-refractivity contribution is 7.89. The molecule has 1 atom stereocenters. The minimum absolute atomic E-state index is 0.264. The van der Waals surface area contributed by atoms with Gasteiger partial charge in [0, 0.05) is 23.9 Å². The summed E-state index contributed by atoms with van der Waals surface area (Å²) >= 11 is 0. The molecule has 0 radical (unpaired) electrons. The molecule has 0 amide bonds. The van der Waals surface area contributed by atoms with E-state index in [2.05, 4.69) is 10.1 Å². The number of hydrogen-bond donors (Lipinski definition) is 0. The molecule has 0 aliphatic rings. The number of fused-ring (bicyclic) bond motifs is 1. The van der Waals surface area contributed by atoms with Crippen molar-refractivity contribution in [2.75, 3.05) is 13.7 Å². The molecule has 7 nitrogen and oxygen atoms in total. The van der Waals surface area contributed by atoms with Crippen molar-refractivity contribution in [2.45, 2.75) is 24.8 Å². The van der Waals surface area contributed by atoms with Crippen molar-refractivity contribution in [1.29, 1.82) is 0 Å². The summed E-state index contributed by atoms with van der Waals surface area (Å²) in [5.74, 6) is 0.677. The first-order valence-electron chi connectivity index (χ1n) is 10.0. The van der Waals surface area contributed by atoms with E-state index in [-0.39, 0.29) is 10.9 Å². The quantitative estimate of drug-likeness (QED) is 0.434. The van der Waals surface area contributed by atoms with Crippen molar-refractivity contribution >= 4 is 20.8 Å². The van der Waals surface area contributed by atoms with E-state index < -0.39 is 10.0 Å². The maximum absolute atomic E-state index is 13.5. The lowest BCUT2D eigenvalue weighted by Crippen LogP contribution is -2.30. The predicted molar refractivity (Wildman–Crippen MR) is 120 cm³/mol. The Balaban J connectivity index is 1.68. The Kier molecular flexibility index (Phi) is 5.75. The zero-order chi connectivity index (χ0) is 22.0. The number of sulfonamides is 1. The van der Waals surface area contributed by atoms with Gasteiger partial charge in [0.15, 0.2) is 0 Å². The molecule has 8 heteroatoms. The lowest BCUT2D eigenvalue weighted by atomic mass is 10.1. The summed E-state index contributed by atoms with van der Waals surface area (Å²) in [4.78, 5) is 4.21. The van der Waals surface area contributed by atoms with Gasteiger partial charge in [-0.2, -0.15) is 9.40 Å². The van der Waals surface area contributed by atoms with Gasteiger partial charge in [0.05, 0.1) is 17.2 Å². The van der Waals surface area contributed by atoms with E-state index in [0.29, 0.717) is 17.7 Å². The molecule has 0 saturated carbocycles. The number of aromatic nitrogens is 3. The van der Waals surface area contributed by atoms with Crippen LogP contribution in [0.2, 0.25) is 0 Å². The molecule has 160 valence electrons. The second-order valence-corrected chi connectivity index (χ2v) is 9.14. The molecule has 0 N–H and O–H groups in total. The van der Waals surface area contributed by atoms with Crippen LogP contribution in [0.15, 0.2) is 78.2 Å². The largest absolute Gasteiger partial charge is 0.493 e. The van der Waals surface area contributed by atoms with Crippen molar-refractivity contribution in [2.24, 2.45) is 0 Å². The lowest BCUT2D eigenvalue weighted by Gasteiger charge is -2.25. The Morgan fingerprint density at radius 2 is 1.74 bits per heavy atom. The van der Waals surface area contributed by atoms with Crippen LogP contribution in [0.5, 0.6) is 5.75 Å². The number of benzene rings is 3. The first kappa shape index (κ1) is 21.0. The molecule has 1 heterocycles. The molecular formula is C23H24N4O3S. The predicted octanol–water partition coefficient (Wildman–Crippen LogP) is 4.20. The highest BCUT2D eigenvalue weighted by atomic mass is 32.2. The van der Waals surface area contributed by atoms with Gasteiger partial charge < -0.3 is 4.74 Å². The zero-order valence-corrected chi connectivity index (χ0v) is 18.5. The number of ether oxygens (including phenoxy) is 1. The number of nitrogens with zero attached hydrogens (tertiary/aromatic N) is 4. The van der Waals surface area contributed by atoms with Gasteiger partial charge in [0.1, 0.15) is 18.4 Å². The number of hydrogen-bond acceptors (Lipinski definition) is 5. The third-order valence-corrected chi connectivity index (χ3v) is 7.39. The molecule has 31 heavy (non-hydrogen) atoms. The van der Waals surface area contributed by atoms with Gasteiger partial charge in [-0.15, -0.1) is 0 Å². The lowest BCUT2D eigenvalue weighted by molar-refractivity contribution is 0.344. The van der Waals surface area contributed by atoms with Gasteiger partial charge in [-0.1, -0.05) is 36.4 Å². The van der Waals surface area contributed by atoms with E-state index in [4.69, 9.17) is 4.74 Å². The fraction of sp³-hybridized carbons (Fsp3) is 0.217. The van der Waals surface area contributed by atoms with Crippen LogP contribution >= 0.6 is 0 Å². The smallest absolute Gasteiger partial charge is 0.243 e. The molecule has 4 rings (SSSR count). The third-order valence-electron chi connectivity index (χ3n) is 5.41. The van der Waals surface area contributed by atoms with Crippen LogP contribution in [0.25, 0.3) is 16.5 Å². The molecule has 1 aromatic heterocycles. The second kappa shape index (κ2) is 8.49. The standard InChI is InChI=1S/C23H24N4O3S/c1-4-30-22-13-14-23(21-8-6-5-7-20(21)22)31(28,29)26(3)17(2)18-9-11-19(12-10-18)27-16-24-15-25-27/h5-17H,4H2,1-3H3. The highest BCUT2D eigenvalue weighted by Crippen LogP contribution is 2.34. The average Bonchev–Trinajstić information content (AvgIpc) is 3.33. The van der Waals surface area contributed by atoms with E-state index in [1.807, 2.05) is 62.4 Å². The Bertz CT molecular complexity index is 1290. The fourth-order valence-corrected chi connectivity index (χ4v) is 5.11. The van der Waals surface area contributed by atoms with Crippen LogP contribution in [0.3, 0.4) is 0 Å². The van der Waals surface area contributed by atoms with E-state index in [1.54, 1.807) is 30.2 Å². The van der Waals surface area contributed by atoms with Gasteiger partial charge in [-0.05, 0) is 43.7 Å². The summed E-state index contributed by atoms with van der Waals surface area (Å²) in [5.41, 5.74) is 1.74. The Morgan fingerprint density at radius 3 is 2.39 bits per heavy atom. The minimum Gasteiger partial charge on any atom is -0.493 e. The molecule has 3 aromatic carbocycles. The van der Waals surface area contributed by atoms with E-state index >= 15 is 0 Å². The molecule has 0 spiro atoms. The average molecular weight is 437 g/mol. The summed E-state index contributed by atoms with van der Waals surface area (Å²) in [6, 6.07) is 18.0. The third kappa shape index (κ3) is 3.92. The molecule has 4 aromatic rings. The summed E-state index contributed by atoms with van der Waals surface area (Å²) in [7, 11) is -2.14. The zero-order valence-electron chi connectivity index (χ0n) is 17.6. The van der Waals surface area contributed by atoms with Crippen molar-refractivity contribution in [1.82, 2.24) is 19.1 Å². The highest BCUT2D eigenvalue weighted by Gasteiger charge is 2.28. The SMILES string of the molecule is CCOc1ccc(S(=O)(=O)N(C)C(C)c2ccc(-n3cncn3)cc2)c2ccccc12. The molecule has 1 unspecified atom stereocenters. The summed E-state index contributed by atoms with van der Waals surface area (Å²) in [6.07, 6.45) is 3.09. The monoisotopic (exact) mass is 436 g/mol. The van der Waals surface area contributed by atoms with Crippen LogP contribution in [0, 0.1) is 0 Å². The van der Waals surface area contributed by atoms with Crippen LogP contribution in [0.4, 0.5) is 0 Å². The van der Waals surface area contributed by atoms with Crippen LogP contribution in [-0.4, -0.2) is 41.1 Å². The van der Waals surface area contributed by atoms with Crippen LogP contribution in [-0.2, 0) is 10.0 Å². The Labute approximate surface area is 182 Å². The second-order valence-electron chi connectivity index (χ2n) is 7.17. The van der Waals surface area contributed by atoms with Gasteiger partial charge in [0.25, 0.3) is 0 Å². The van der Waals surface area contributed by atoms with E-state index in [1.165, 1.54) is 10.6 Å². The first-order chi connectivity index (χ1) is 14.9. The first-order valence-corrected chi connectivity index (χ1v) is 11.4.